The molecule has 0 saturated carbocycles. The van der Waals surface area contributed by atoms with Gasteiger partial charge in [-0.1, -0.05) is 19.4 Å². The van der Waals surface area contributed by atoms with Crippen LogP contribution in [0.3, 0.4) is 0 Å². The van der Waals surface area contributed by atoms with Crippen molar-refractivity contribution < 1.29 is 18.7 Å². The molecule has 1 N–H and O–H groups in total. The van der Waals surface area contributed by atoms with Crippen LogP contribution >= 0.6 is 0 Å². The van der Waals surface area contributed by atoms with Crippen molar-refractivity contribution in [3.8, 4) is 5.75 Å². The van der Waals surface area contributed by atoms with Gasteiger partial charge in [0, 0.05) is 22.9 Å². The zero-order chi connectivity index (χ0) is 18.1. The molecule has 0 aliphatic rings. The fourth-order valence-corrected chi connectivity index (χ4v) is 2.13. The standard InChI is InChI=1S/C20H22FNO3/c1-3-4-11-25-12-10-15-13-16(8-9-19(15)21)20(23)22-17-6-5-7-18(14-17)24-2/h5-10,12-14H,3-4,11H2,1-2H3,(H,22,23). The Balaban J connectivity index is 2.08. The molecule has 0 spiro atoms. The molecule has 0 saturated heterocycles. The summed E-state index contributed by atoms with van der Waals surface area (Å²) in [5.74, 6) is -0.0900. The van der Waals surface area contributed by atoms with Crippen LogP contribution in [0.25, 0.3) is 6.08 Å². The molecule has 0 radical (unpaired) electrons. The summed E-state index contributed by atoms with van der Waals surface area (Å²) in [6.07, 6.45) is 4.95. The molecule has 2 aromatic carbocycles. The Morgan fingerprint density at radius 1 is 1.24 bits per heavy atom. The van der Waals surface area contributed by atoms with E-state index in [-0.39, 0.29) is 5.91 Å². The number of hydrogen-bond donors (Lipinski definition) is 1. The molecule has 0 fully saturated rings. The lowest BCUT2D eigenvalue weighted by molar-refractivity contribution is 0.102. The maximum Gasteiger partial charge on any atom is 0.255 e. The van der Waals surface area contributed by atoms with E-state index >= 15 is 0 Å². The van der Waals surface area contributed by atoms with Crippen LogP contribution in [0.2, 0.25) is 0 Å². The first-order chi connectivity index (χ1) is 12.1. The zero-order valence-electron chi connectivity index (χ0n) is 14.4. The monoisotopic (exact) mass is 343 g/mol. The summed E-state index contributed by atoms with van der Waals surface area (Å²) in [5.41, 5.74) is 1.26. The molecule has 5 heteroatoms. The van der Waals surface area contributed by atoms with Crippen molar-refractivity contribution in [3.05, 3.63) is 65.7 Å². The van der Waals surface area contributed by atoms with Gasteiger partial charge in [-0.3, -0.25) is 4.79 Å². The van der Waals surface area contributed by atoms with Gasteiger partial charge in [0.05, 0.1) is 20.0 Å². The third kappa shape index (κ3) is 5.64. The summed E-state index contributed by atoms with van der Waals surface area (Å²) in [6, 6.07) is 11.2. The number of carbonyl (C=O) groups excluding carboxylic acids is 1. The predicted molar refractivity (Wildman–Crippen MR) is 97.2 cm³/mol. The summed E-state index contributed by atoms with van der Waals surface area (Å²) in [5, 5.41) is 2.77. The number of rotatable bonds is 8. The molecule has 0 unspecified atom stereocenters. The number of amides is 1. The van der Waals surface area contributed by atoms with Gasteiger partial charge in [-0.15, -0.1) is 0 Å². The first-order valence-corrected chi connectivity index (χ1v) is 8.17. The van der Waals surface area contributed by atoms with E-state index in [1.807, 2.05) is 0 Å². The van der Waals surface area contributed by atoms with Gasteiger partial charge in [0.2, 0.25) is 0 Å². The highest BCUT2D eigenvalue weighted by atomic mass is 19.1. The Morgan fingerprint density at radius 2 is 2.08 bits per heavy atom. The third-order valence-electron chi connectivity index (χ3n) is 3.55. The summed E-state index contributed by atoms with van der Waals surface area (Å²) in [7, 11) is 1.56. The molecule has 2 rings (SSSR count). The largest absolute Gasteiger partial charge is 0.501 e. The van der Waals surface area contributed by atoms with Crippen LogP contribution in [-0.2, 0) is 4.74 Å². The lowest BCUT2D eigenvalue weighted by Crippen LogP contribution is -2.12. The molecule has 0 bridgehead atoms. The molecule has 0 aromatic heterocycles. The predicted octanol–water partition coefficient (Wildman–Crippen LogP) is 4.87. The van der Waals surface area contributed by atoms with E-state index in [1.165, 1.54) is 30.5 Å². The van der Waals surface area contributed by atoms with Crippen LogP contribution in [0, 0.1) is 5.82 Å². The van der Waals surface area contributed by atoms with Crippen LogP contribution in [0.4, 0.5) is 10.1 Å². The number of methoxy groups -OCH3 is 1. The van der Waals surface area contributed by atoms with Gasteiger partial charge >= 0.3 is 0 Å². The topological polar surface area (TPSA) is 47.6 Å². The fourth-order valence-electron chi connectivity index (χ4n) is 2.13. The normalized spacial score (nSPS) is 10.7. The number of ether oxygens (including phenoxy) is 2. The fraction of sp³-hybridized carbons (Fsp3) is 0.250. The van der Waals surface area contributed by atoms with Crippen molar-refractivity contribution >= 4 is 17.7 Å². The number of nitrogens with one attached hydrogen (secondary N) is 1. The minimum Gasteiger partial charge on any atom is -0.501 e. The molecule has 2 aromatic rings. The molecule has 4 nitrogen and oxygen atoms in total. The summed E-state index contributed by atoms with van der Waals surface area (Å²) < 4.78 is 24.3. The lowest BCUT2D eigenvalue weighted by Gasteiger charge is -2.08. The SMILES string of the molecule is CCCCOC=Cc1cc(C(=O)Nc2cccc(OC)c2)ccc1F. The van der Waals surface area contributed by atoms with E-state index in [0.29, 0.717) is 29.2 Å². The second-order valence-corrected chi connectivity index (χ2v) is 5.45. The molecule has 132 valence electrons. The van der Waals surface area contributed by atoms with E-state index in [0.717, 1.165) is 12.8 Å². The smallest absolute Gasteiger partial charge is 0.255 e. The minimum atomic E-state index is -0.409. The van der Waals surface area contributed by atoms with Crippen LogP contribution in [0.5, 0.6) is 5.75 Å². The maximum atomic E-state index is 13.9. The van der Waals surface area contributed by atoms with Crippen molar-refractivity contribution in [3.63, 3.8) is 0 Å². The van der Waals surface area contributed by atoms with Crippen LogP contribution in [-0.4, -0.2) is 19.6 Å². The van der Waals surface area contributed by atoms with Crippen molar-refractivity contribution in [1.29, 1.82) is 0 Å². The van der Waals surface area contributed by atoms with Gasteiger partial charge in [-0.2, -0.15) is 0 Å². The zero-order valence-corrected chi connectivity index (χ0v) is 14.4. The molecule has 0 atom stereocenters. The Morgan fingerprint density at radius 3 is 2.84 bits per heavy atom. The molecular weight excluding hydrogens is 321 g/mol. The van der Waals surface area contributed by atoms with Crippen molar-refractivity contribution in [2.75, 3.05) is 19.0 Å². The van der Waals surface area contributed by atoms with E-state index in [4.69, 9.17) is 9.47 Å². The molecular formula is C20H22FNO3. The number of anilines is 1. The quantitative estimate of drug-likeness (QED) is 0.549. The Hall–Kier alpha value is -2.82. The Kier molecular flexibility index (Phi) is 7.01. The second kappa shape index (κ2) is 9.47. The van der Waals surface area contributed by atoms with Gasteiger partial charge in [0.15, 0.2) is 0 Å². The Bertz CT molecular complexity index is 743. The van der Waals surface area contributed by atoms with Gasteiger partial charge in [0.25, 0.3) is 5.91 Å². The molecule has 0 aliphatic carbocycles. The highest BCUT2D eigenvalue weighted by molar-refractivity contribution is 6.04. The van der Waals surface area contributed by atoms with E-state index in [9.17, 15) is 9.18 Å². The average Bonchev–Trinajstić information content (AvgIpc) is 2.63. The van der Waals surface area contributed by atoms with Crippen LogP contribution in [0.15, 0.2) is 48.7 Å². The molecule has 0 heterocycles. The van der Waals surface area contributed by atoms with Crippen LogP contribution < -0.4 is 10.1 Å². The number of hydrogen-bond acceptors (Lipinski definition) is 3. The van der Waals surface area contributed by atoms with Crippen molar-refractivity contribution in [2.45, 2.75) is 19.8 Å². The number of unbranched alkanes of at least 4 members (excludes halogenated alkanes) is 1. The van der Waals surface area contributed by atoms with Gasteiger partial charge in [-0.25, -0.2) is 4.39 Å². The maximum absolute atomic E-state index is 13.9. The molecule has 1 amide bonds. The van der Waals surface area contributed by atoms with E-state index in [1.54, 1.807) is 31.4 Å². The van der Waals surface area contributed by atoms with Gasteiger partial charge < -0.3 is 14.8 Å². The first kappa shape index (κ1) is 18.5. The number of halogens is 1. The average molecular weight is 343 g/mol. The first-order valence-electron chi connectivity index (χ1n) is 8.17. The summed E-state index contributed by atoms with van der Waals surface area (Å²) in [4.78, 5) is 12.4. The minimum absolute atomic E-state index is 0.301. The van der Waals surface area contributed by atoms with Gasteiger partial charge in [-0.05, 0) is 42.8 Å². The Labute approximate surface area is 147 Å². The highest BCUT2D eigenvalue weighted by Crippen LogP contribution is 2.19. The van der Waals surface area contributed by atoms with E-state index in [2.05, 4.69) is 12.2 Å². The summed E-state index contributed by atoms with van der Waals surface area (Å²) in [6.45, 7) is 2.65. The molecule has 0 aliphatic heterocycles. The van der Waals surface area contributed by atoms with Crippen molar-refractivity contribution in [2.24, 2.45) is 0 Å². The number of benzene rings is 2. The summed E-state index contributed by atoms with van der Waals surface area (Å²) >= 11 is 0. The van der Waals surface area contributed by atoms with Gasteiger partial charge in [0.1, 0.15) is 11.6 Å². The molecule has 25 heavy (non-hydrogen) atoms. The lowest BCUT2D eigenvalue weighted by atomic mass is 10.1. The van der Waals surface area contributed by atoms with Crippen LogP contribution in [0.1, 0.15) is 35.7 Å². The number of carbonyl (C=O) groups is 1. The second-order valence-electron chi connectivity index (χ2n) is 5.45. The van der Waals surface area contributed by atoms with E-state index < -0.39 is 5.82 Å². The third-order valence-corrected chi connectivity index (χ3v) is 3.55. The highest BCUT2D eigenvalue weighted by Gasteiger charge is 2.09. The van der Waals surface area contributed by atoms with Crippen molar-refractivity contribution in [1.82, 2.24) is 0 Å².